The first-order chi connectivity index (χ1) is 5.08. The van der Waals surface area contributed by atoms with Crippen molar-refractivity contribution in [2.24, 2.45) is 0 Å². The van der Waals surface area contributed by atoms with Gasteiger partial charge >= 0.3 is 0 Å². The molecule has 0 spiro atoms. The Hall–Kier alpha value is -0.120. The minimum Gasteiger partial charge on any atom is -0.397 e. The molecule has 0 heterocycles. The quantitative estimate of drug-likeness (QED) is 0.570. The third-order valence-electron chi connectivity index (χ3n) is 1.08. The molecule has 0 aromatic carbocycles. The zero-order valence-corrected chi connectivity index (χ0v) is 7.62. The molecule has 0 aliphatic rings. The van der Waals surface area contributed by atoms with E-state index in [2.05, 4.69) is 0 Å². The van der Waals surface area contributed by atoms with Crippen LogP contribution < -0.4 is 0 Å². The van der Waals surface area contributed by atoms with Gasteiger partial charge in [-0.3, -0.25) is 0 Å². The van der Waals surface area contributed by atoms with Crippen molar-refractivity contribution >= 4 is 0 Å². The predicted molar refractivity (Wildman–Crippen MR) is 45.4 cm³/mol. The van der Waals surface area contributed by atoms with Crippen LogP contribution in [-0.4, -0.2) is 34.1 Å². The largest absolute Gasteiger partial charge is 0.397 e. The van der Waals surface area contributed by atoms with E-state index >= 15 is 0 Å². The summed E-state index contributed by atoms with van der Waals surface area (Å²) in [5, 5.41) is 25.1. The minimum absolute atomic E-state index is 0.250. The van der Waals surface area contributed by atoms with E-state index in [0.29, 0.717) is 6.42 Å². The number of rotatable bonds is 3. The maximum absolute atomic E-state index is 8.87. The van der Waals surface area contributed by atoms with Crippen molar-refractivity contribution in [1.82, 2.24) is 0 Å². The second-order valence-corrected chi connectivity index (χ2v) is 2.46. The lowest BCUT2D eigenvalue weighted by Gasteiger charge is -2.08. The number of aliphatic hydroxyl groups is 3. The van der Waals surface area contributed by atoms with E-state index in [-0.39, 0.29) is 18.8 Å². The summed E-state index contributed by atoms with van der Waals surface area (Å²) in [5.74, 6) is 0. The Kier molecular flexibility index (Phi) is 12.1. The van der Waals surface area contributed by atoms with Gasteiger partial charge in [-0.2, -0.15) is 0 Å². The monoisotopic (exact) mass is 164 g/mol. The van der Waals surface area contributed by atoms with Crippen molar-refractivity contribution in [2.45, 2.75) is 45.8 Å². The lowest BCUT2D eigenvalue weighted by atomic mass is 10.1. The number of hydrogen-bond acceptors (Lipinski definition) is 3. The molecule has 0 amide bonds. The zero-order chi connectivity index (χ0) is 9.28. The molecule has 2 unspecified atom stereocenters. The van der Waals surface area contributed by atoms with Gasteiger partial charge in [0, 0.05) is 6.61 Å². The Balaban J connectivity index is 0. The van der Waals surface area contributed by atoms with Gasteiger partial charge in [0.2, 0.25) is 0 Å². The van der Waals surface area contributed by atoms with Gasteiger partial charge < -0.3 is 15.3 Å². The summed E-state index contributed by atoms with van der Waals surface area (Å²) in [6, 6.07) is 0. The van der Waals surface area contributed by atoms with Crippen LogP contribution in [0.3, 0.4) is 0 Å². The van der Waals surface area contributed by atoms with Crippen molar-refractivity contribution in [2.75, 3.05) is 6.61 Å². The molecule has 0 saturated carbocycles. The van der Waals surface area contributed by atoms with Gasteiger partial charge in [0.05, 0.1) is 12.2 Å². The van der Waals surface area contributed by atoms with Gasteiger partial charge in [-0.1, -0.05) is 6.92 Å². The second-order valence-electron chi connectivity index (χ2n) is 2.46. The van der Waals surface area contributed by atoms with Crippen LogP contribution in [0.4, 0.5) is 0 Å². The van der Waals surface area contributed by atoms with Crippen molar-refractivity contribution in [1.29, 1.82) is 0 Å². The van der Waals surface area contributed by atoms with E-state index in [1.165, 1.54) is 0 Å². The molecule has 0 aromatic rings. The van der Waals surface area contributed by atoms with Gasteiger partial charge in [0.1, 0.15) is 0 Å². The van der Waals surface area contributed by atoms with Crippen LogP contribution in [-0.2, 0) is 0 Å². The van der Waals surface area contributed by atoms with Crippen LogP contribution in [0.25, 0.3) is 0 Å². The summed E-state index contributed by atoms with van der Waals surface area (Å²) in [7, 11) is 0. The molecule has 0 aliphatic heterocycles. The highest BCUT2D eigenvalue weighted by atomic mass is 16.3. The van der Waals surface area contributed by atoms with Crippen LogP contribution in [0.5, 0.6) is 0 Å². The van der Waals surface area contributed by atoms with Gasteiger partial charge in [-0.25, -0.2) is 0 Å². The maximum atomic E-state index is 8.87. The number of aliphatic hydroxyl groups excluding tert-OH is 3. The summed E-state index contributed by atoms with van der Waals surface area (Å²) < 4.78 is 0. The molecule has 0 rings (SSSR count). The summed E-state index contributed by atoms with van der Waals surface area (Å²) in [4.78, 5) is 0. The Morgan fingerprint density at radius 1 is 1.18 bits per heavy atom. The smallest absolute Gasteiger partial charge is 0.0562 e. The van der Waals surface area contributed by atoms with Crippen molar-refractivity contribution in [3.05, 3.63) is 0 Å². The highest BCUT2D eigenvalue weighted by molar-refractivity contribution is 4.55. The van der Waals surface area contributed by atoms with E-state index in [4.69, 9.17) is 15.3 Å². The third-order valence-corrected chi connectivity index (χ3v) is 1.08. The Morgan fingerprint density at radius 2 is 1.55 bits per heavy atom. The molecule has 0 radical (unpaired) electrons. The van der Waals surface area contributed by atoms with Crippen LogP contribution >= 0.6 is 0 Å². The van der Waals surface area contributed by atoms with E-state index in [1.807, 2.05) is 6.92 Å². The topological polar surface area (TPSA) is 60.7 Å². The molecule has 3 N–H and O–H groups in total. The van der Waals surface area contributed by atoms with Gasteiger partial charge in [-0.15, -0.1) is 0 Å². The molecule has 11 heavy (non-hydrogen) atoms. The zero-order valence-electron chi connectivity index (χ0n) is 7.62. The molecule has 3 nitrogen and oxygen atoms in total. The van der Waals surface area contributed by atoms with Crippen molar-refractivity contribution in [3.8, 4) is 0 Å². The molecule has 0 fully saturated rings. The third kappa shape index (κ3) is 17.7. The molecule has 0 aliphatic carbocycles. The molecule has 3 heteroatoms. The average Bonchev–Trinajstić information content (AvgIpc) is 1.88. The fraction of sp³-hybridized carbons (Fsp3) is 1.00. The normalized spacial score (nSPS) is 14.7. The van der Waals surface area contributed by atoms with E-state index in [9.17, 15) is 0 Å². The van der Waals surface area contributed by atoms with E-state index in [1.54, 1.807) is 13.8 Å². The van der Waals surface area contributed by atoms with Crippen LogP contribution in [0.2, 0.25) is 0 Å². The Labute approximate surface area is 68.7 Å². The Bertz CT molecular complexity index is 64.4. The molecular weight excluding hydrogens is 144 g/mol. The SMILES string of the molecule is CCC(O)CC(C)O.CCO. The molecular formula is C8H20O3. The summed E-state index contributed by atoms with van der Waals surface area (Å²) in [6.07, 6.45) is 0.529. The van der Waals surface area contributed by atoms with Crippen LogP contribution in [0.15, 0.2) is 0 Å². The standard InChI is InChI=1S/C6H14O2.C2H6O/c1-3-6(8)4-5(2)7;1-2-3/h5-8H,3-4H2,1-2H3;3H,2H2,1H3. The fourth-order valence-electron chi connectivity index (χ4n) is 0.560. The van der Waals surface area contributed by atoms with Crippen molar-refractivity contribution in [3.63, 3.8) is 0 Å². The summed E-state index contributed by atoms with van der Waals surface area (Å²) in [6.45, 7) is 5.51. The second kappa shape index (κ2) is 9.88. The molecule has 0 saturated heterocycles. The lowest BCUT2D eigenvalue weighted by Crippen LogP contribution is -2.13. The molecule has 0 bridgehead atoms. The molecule has 0 aromatic heterocycles. The fourth-order valence-corrected chi connectivity index (χ4v) is 0.560. The van der Waals surface area contributed by atoms with Gasteiger partial charge in [0.15, 0.2) is 0 Å². The van der Waals surface area contributed by atoms with Crippen LogP contribution in [0, 0.1) is 0 Å². The summed E-state index contributed by atoms with van der Waals surface area (Å²) in [5.41, 5.74) is 0. The molecule has 70 valence electrons. The highest BCUT2D eigenvalue weighted by Crippen LogP contribution is 1.99. The van der Waals surface area contributed by atoms with Crippen LogP contribution in [0.1, 0.15) is 33.6 Å². The Morgan fingerprint density at radius 3 is 1.64 bits per heavy atom. The first kappa shape index (κ1) is 13.5. The van der Waals surface area contributed by atoms with Gasteiger partial charge in [-0.05, 0) is 26.7 Å². The highest BCUT2D eigenvalue weighted by Gasteiger charge is 2.03. The molecule has 2 atom stereocenters. The maximum Gasteiger partial charge on any atom is 0.0562 e. The average molecular weight is 164 g/mol. The summed E-state index contributed by atoms with van der Waals surface area (Å²) >= 11 is 0. The van der Waals surface area contributed by atoms with Gasteiger partial charge in [0.25, 0.3) is 0 Å². The predicted octanol–water partition coefficient (Wildman–Crippen LogP) is 0.527. The first-order valence-electron chi connectivity index (χ1n) is 4.05. The lowest BCUT2D eigenvalue weighted by molar-refractivity contribution is 0.0883. The van der Waals surface area contributed by atoms with Crippen molar-refractivity contribution < 1.29 is 15.3 Å². The van der Waals surface area contributed by atoms with E-state index in [0.717, 1.165) is 6.42 Å². The first-order valence-corrected chi connectivity index (χ1v) is 4.05. The minimum atomic E-state index is -0.370. The van der Waals surface area contributed by atoms with E-state index < -0.39 is 0 Å². The number of hydrogen-bond donors (Lipinski definition) is 3.